The van der Waals surface area contributed by atoms with Gasteiger partial charge >= 0.3 is 11.9 Å². The number of amides is 1. The van der Waals surface area contributed by atoms with Crippen molar-refractivity contribution in [2.75, 3.05) is 13.6 Å². The standard InChI is InChI=1S/C20H31N5O5/c1-3-14(22)18(27)15(23)8-9-16(24-2)19(28)25-11-17(26)30-20(29)13-7-5-4-6-12(13)10-21/h4-7,14-16,24H,3,8-11,21-23H2,1-2H3,(H,25,28)/t14?,15?,16-/m0/s1. The van der Waals surface area contributed by atoms with E-state index in [0.717, 1.165) is 0 Å². The zero-order chi connectivity index (χ0) is 22.7. The van der Waals surface area contributed by atoms with Crippen LogP contribution in [0.1, 0.15) is 42.1 Å². The topological polar surface area (TPSA) is 180 Å². The van der Waals surface area contributed by atoms with Crippen molar-refractivity contribution < 1.29 is 23.9 Å². The highest BCUT2D eigenvalue weighted by Gasteiger charge is 2.24. The molecule has 0 saturated heterocycles. The Bertz CT molecular complexity index is 755. The number of nitrogens with two attached hydrogens (primary N) is 3. The zero-order valence-corrected chi connectivity index (χ0v) is 17.4. The van der Waals surface area contributed by atoms with Crippen LogP contribution in [0.4, 0.5) is 0 Å². The first-order valence-electron chi connectivity index (χ1n) is 9.77. The number of hydrogen-bond acceptors (Lipinski definition) is 9. The van der Waals surface area contributed by atoms with Crippen molar-refractivity contribution in [2.24, 2.45) is 17.2 Å². The van der Waals surface area contributed by atoms with Crippen LogP contribution in [0.3, 0.4) is 0 Å². The van der Waals surface area contributed by atoms with Gasteiger partial charge in [0.15, 0.2) is 5.78 Å². The summed E-state index contributed by atoms with van der Waals surface area (Å²) in [5.74, 6) is -2.48. The molecule has 0 heterocycles. The summed E-state index contributed by atoms with van der Waals surface area (Å²) >= 11 is 0. The number of hydrogen-bond donors (Lipinski definition) is 5. The van der Waals surface area contributed by atoms with Crippen LogP contribution >= 0.6 is 0 Å². The molecular formula is C20H31N5O5. The van der Waals surface area contributed by atoms with E-state index in [1.165, 1.54) is 6.07 Å². The van der Waals surface area contributed by atoms with Crippen LogP contribution in [0.5, 0.6) is 0 Å². The molecule has 0 bridgehead atoms. The molecule has 0 aliphatic rings. The molecule has 1 amide bonds. The van der Waals surface area contributed by atoms with Crippen molar-refractivity contribution in [3.63, 3.8) is 0 Å². The highest BCUT2D eigenvalue weighted by molar-refractivity contribution is 5.99. The fourth-order valence-corrected chi connectivity index (χ4v) is 2.75. The molecule has 0 fully saturated rings. The Balaban J connectivity index is 2.51. The smallest absolute Gasteiger partial charge is 0.346 e. The summed E-state index contributed by atoms with van der Waals surface area (Å²) in [5, 5.41) is 5.20. The molecular weight excluding hydrogens is 390 g/mol. The Hall–Kier alpha value is -2.66. The lowest BCUT2D eigenvalue weighted by atomic mass is 9.98. The molecule has 0 aliphatic carbocycles. The van der Waals surface area contributed by atoms with Gasteiger partial charge in [0.2, 0.25) is 5.91 Å². The molecule has 166 valence electrons. The van der Waals surface area contributed by atoms with Gasteiger partial charge in [0.25, 0.3) is 0 Å². The quantitative estimate of drug-likeness (QED) is 0.208. The first kappa shape index (κ1) is 25.4. The van der Waals surface area contributed by atoms with E-state index in [1.54, 1.807) is 32.2 Å². The molecule has 2 unspecified atom stereocenters. The maximum absolute atomic E-state index is 12.3. The summed E-state index contributed by atoms with van der Waals surface area (Å²) in [5.41, 5.74) is 17.8. The van der Waals surface area contributed by atoms with Gasteiger partial charge in [0.05, 0.1) is 23.7 Å². The number of Topliss-reactive ketones (excluding diaryl/α,β-unsaturated/α-hetero) is 1. The van der Waals surface area contributed by atoms with Crippen molar-refractivity contribution >= 4 is 23.6 Å². The minimum absolute atomic E-state index is 0.119. The lowest BCUT2D eigenvalue weighted by Crippen LogP contribution is -2.47. The van der Waals surface area contributed by atoms with E-state index in [-0.39, 0.29) is 30.7 Å². The molecule has 1 aromatic rings. The summed E-state index contributed by atoms with van der Waals surface area (Å²) < 4.78 is 4.76. The van der Waals surface area contributed by atoms with Crippen LogP contribution in [0.25, 0.3) is 0 Å². The van der Waals surface area contributed by atoms with Gasteiger partial charge in [-0.15, -0.1) is 0 Å². The van der Waals surface area contributed by atoms with Crippen molar-refractivity contribution in [2.45, 2.75) is 50.9 Å². The summed E-state index contributed by atoms with van der Waals surface area (Å²) in [6.07, 6.45) is 1.01. The van der Waals surface area contributed by atoms with E-state index < -0.39 is 42.5 Å². The summed E-state index contributed by atoms with van der Waals surface area (Å²) in [6, 6.07) is 4.43. The minimum atomic E-state index is -0.907. The van der Waals surface area contributed by atoms with Crippen molar-refractivity contribution in [1.29, 1.82) is 0 Å². The zero-order valence-electron chi connectivity index (χ0n) is 17.4. The molecule has 0 saturated carbocycles. The number of carbonyl (C=O) groups is 4. The maximum Gasteiger partial charge on any atom is 0.346 e. The van der Waals surface area contributed by atoms with E-state index in [1.807, 2.05) is 0 Å². The van der Waals surface area contributed by atoms with Crippen molar-refractivity contribution in [3.05, 3.63) is 35.4 Å². The van der Waals surface area contributed by atoms with E-state index in [4.69, 9.17) is 21.9 Å². The fourth-order valence-electron chi connectivity index (χ4n) is 2.75. The average Bonchev–Trinajstić information content (AvgIpc) is 2.76. The van der Waals surface area contributed by atoms with Gasteiger partial charge in [0.1, 0.15) is 6.54 Å². The van der Waals surface area contributed by atoms with Crippen LogP contribution in [-0.4, -0.2) is 55.3 Å². The van der Waals surface area contributed by atoms with Crippen LogP contribution in [0.15, 0.2) is 24.3 Å². The third-order valence-corrected chi connectivity index (χ3v) is 4.67. The van der Waals surface area contributed by atoms with Gasteiger partial charge in [-0.05, 0) is 37.9 Å². The number of likely N-dealkylation sites (N-methyl/N-ethyl adjacent to an activating group) is 1. The Kier molecular flexibility index (Phi) is 10.8. The SMILES string of the molecule is CCC(N)C(=O)C(N)CC[C@H](NC)C(=O)NCC(=O)OC(=O)c1ccccc1CN. The Morgan fingerprint density at radius 1 is 1.07 bits per heavy atom. The molecule has 3 atom stereocenters. The van der Waals surface area contributed by atoms with Crippen molar-refractivity contribution in [1.82, 2.24) is 10.6 Å². The highest BCUT2D eigenvalue weighted by atomic mass is 16.6. The molecule has 30 heavy (non-hydrogen) atoms. The van der Waals surface area contributed by atoms with E-state index in [0.29, 0.717) is 12.0 Å². The van der Waals surface area contributed by atoms with E-state index >= 15 is 0 Å². The van der Waals surface area contributed by atoms with Crippen molar-refractivity contribution in [3.8, 4) is 0 Å². The van der Waals surface area contributed by atoms with Gasteiger partial charge in [-0.25, -0.2) is 9.59 Å². The first-order valence-corrected chi connectivity index (χ1v) is 9.77. The monoisotopic (exact) mass is 421 g/mol. The number of carbonyl (C=O) groups excluding carboxylic acids is 4. The largest absolute Gasteiger partial charge is 0.388 e. The third-order valence-electron chi connectivity index (χ3n) is 4.67. The molecule has 8 N–H and O–H groups in total. The summed E-state index contributed by atoms with van der Waals surface area (Å²) in [6.45, 7) is 1.42. The number of benzene rings is 1. The summed E-state index contributed by atoms with van der Waals surface area (Å²) in [4.78, 5) is 48.3. The molecule has 0 aromatic heterocycles. The normalized spacial score (nSPS) is 13.8. The number of nitrogens with one attached hydrogen (secondary N) is 2. The number of esters is 2. The number of ether oxygens (including phenoxy) is 1. The van der Waals surface area contributed by atoms with Gasteiger partial charge in [0, 0.05) is 6.54 Å². The predicted molar refractivity (Wildman–Crippen MR) is 111 cm³/mol. The van der Waals surface area contributed by atoms with Crippen LogP contribution in [0.2, 0.25) is 0 Å². The predicted octanol–water partition coefficient (Wildman–Crippen LogP) is -1.05. The van der Waals surface area contributed by atoms with Crippen LogP contribution in [-0.2, 0) is 25.7 Å². The third kappa shape index (κ3) is 7.64. The molecule has 1 rings (SSSR count). The second kappa shape index (κ2) is 12.8. The lowest BCUT2D eigenvalue weighted by Gasteiger charge is -2.19. The second-order valence-electron chi connectivity index (χ2n) is 6.78. The van der Waals surface area contributed by atoms with Gasteiger partial charge in [-0.2, -0.15) is 0 Å². The average molecular weight is 421 g/mol. The molecule has 0 aliphatic heterocycles. The van der Waals surface area contributed by atoms with E-state index in [2.05, 4.69) is 10.6 Å². The summed E-state index contributed by atoms with van der Waals surface area (Å²) in [7, 11) is 1.57. The van der Waals surface area contributed by atoms with Crippen LogP contribution in [0, 0.1) is 0 Å². The molecule has 10 nitrogen and oxygen atoms in total. The van der Waals surface area contributed by atoms with Gasteiger partial charge < -0.3 is 32.6 Å². The Morgan fingerprint density at radius 3 is 2.33 bits per heavy atom. The lowest BCUT2D eigenvalue weighted by molar-refractivity contribution is -0.139. The van der Waals surface area contributed by atoms with Gasteiger partial charge in [-0.1, -0.05) is 25.1 Å². The Labute approximate surface area is 175 Å². The number of rotatable bonds is 12. The second-order valence-corrected chi connectivity index (χ2v) is 6.78. The fraction of sp³-hybridized carbons (Fsp3) is 0.500. The Morgan fingerprint density at radius 2 is 1.73 bits per heavy atom. The molecule has 10 heteroatoms. The molecule has 1 aromatic carbocycles. The number of ketones is 1. The first-order chi connectivity index (χ1) is 14.2. The molecule has 0 radical (unpaired) electrons. The minimum Gasteiger partial charge on any atom is -0.388 e. The van der Waals surface area contributed by atoms with Gasteiger partial charge in [-0.3, -0.25) is 9.59 Å². The van der Waals surface area contributed by atoms with Crippen LogP contribution < -0.4 is 27.8 Å². The molecule has 0 spiro atoms. The highest BCUT2D eigenvalue weighted by Crippen LogP contribution is 2.09. The maximum atomic E-state index is 12.3. The van der Waals surface area contributed by atoms with E-state index in [9.17, 15) is 19.2 Å².